The molecule has 0 amide bonds. The predicted molar refractivity (Wildman–Crippen MR) is 67.3 cm³/mol. The minimum atomic E-state index is -0.192. The monoisotopic (exact) mass is 243 g/mol. The molecule has 1 atom stereocenters. The van der Waals surface area contributed by atoms with Crippen molar-refractivity contribution in [3.63, 3.8) is 0 Å². The summed E-state index contributed by atoms with van der Waals surface area (Å²) in [6.07, 6.45) is 1.97. The molecule has 1 nitrogen and oxygen atoms in total. The molecule has 90 valence electrons. The van der Waals surface area contributed by atoms with E-state index in [1.54, 1.807) is 12.1 Å². The number of rotatable bonds is 6. The third-order valence-corrected chi connectivity index (χ3v) is 3.25. The Morgan fingerprint density at radius 1 is 1.31 bits per heavy atom. The summed E-state index contributed by atoms with van der Waals surface area (Å²) in [5.41, 5.74) is 1.16. The average molecular weight is 244 g/mol. The Morgan fingerprint density at radius 3 is 2.44 bits per heavy atom. The molecule has 1 rings (SSSR count). The highest BCUT2D eigenvalue weighted by atomic mass is 35.5. The SMILES string of the molecule is CCC(C)(CCCl)NCc1ccc(F)cc1. The lowest BCUT2D eigenvalue weighted by Gasteiger charge is -2.29. The van der Waals surface area contributed by atoms with Crippen LogP contribution in [0.2, 0.25) is 0 Å². The molecular formula is C13H19ClFN. The number of hydrogen-bond donors (Lipinski definition) is 1. The summed E-state index contributed by atoms with van der Waals surface area (Å²) in [5, 5.41) is 3.48. The largest absolute Gasteiger partial charge is 0.307 e. The van der Waals surface area contributed by atoms with E-state index in [9.17, 15) is 4.39 Å². The Hall–Kier alpha value is -0.600. The Morgan fingerprint density at radius 2 is 1.94 bits per heavy atom. The van der Waals surface area contributed by atoms with Gasteiger partial charge in [0.15, 0.2) is 0 Å². The topological polar surface area (TPSA) is 12.0 Å². The van der Waals surface area contributed by atoms with Gasteiger partial charge >= 0.3 is 0 Å². The minimum Gasteiger partial charge on any atom is -0.307 e. The number of hydrogen-bond acceptors (Lipinski definition) is 1. The first-order valence-corrected chi connectivity index (χ1v) is 6.18. The molecule has 1 aromatic rings. The molecule has 3 heteroatoms. The Balaban J connectivity index is 2.52. The summed E-state index contributed by atoms with van der Waals surface area (Å²) >= 11 is 5.78. The third-order valence-electron chi connectivity index (χ3n) is 3.06. The first kappa shape index (κ1) is 13.5. The highest BCUT2D eigenvalue weighted by Gasteiger charge is 2.19. The van der Waals surface area contributed by atoms with Crippen molar-refractivity contribution in [1.29, 1.82) is 0 Å². The van der Waals surface area contributed by atoms with Crippen molar-refractivity contribution < 1.29 is 4.39 Å². The van der Waals surface area contributed by atoms with Crippen LogP contribution in [0.3, 0.4) is 0 Å². The van der Waals surface area contributed by atoms with E-state index in [-0.39, 0.29) is 11.4 Å². The van der Waals surface area contributed by atoms with E-state index in [2.05, 4.69) is 19.2 Å². The molecule has 0 spiro atoms. The maximum absolute atomic E-state index is 12.7. The van der Waals surface area contributed by atoms with Gasteiger partial charge in [0, 0.05) is 18.0 Å². The molecule has 1 N–H and O–H groups in total. The van der Waals surface area contributed by atoms with Crippen LogP contribution in [-0.2, 0) is 6.54 Å². The van der Waals surface area contributed by atoms with Crippen LogP contribution in [0, 0.1) is 5.82 Å². The van der Waals surface area contributed by atoms with Crippen LogP contribution in [0.15, 0.2) is 24.3 Å². The quantitative estimate of drug-likeness (QED) is 0.751. The van der Waals surface area contributed by atoms with Crippen LogP contribution in [0.25, 0.3) is 0 Å². The van der Waals surface area contributed by atoms with E-state index in [0.29, 0.717) is 5.88 Å². The minimum absolute atomic E-state index is 0.0656. The molecule has 0 heterocycles. The third kappa shape index (κ3) is 4.11. The lowest BCUT2D eigenvalue weighted by atomic mass is 9.95. The van der Waals surface area contributed by atoms with E-state index in [0.717, 1.165) is 24.9 Å². The molecule has 0 aromatic heterocycles. The van der Waals surface area contributed by atoms with Gasteiger partial charge in [-0.2, -0.15) is 0 Å². The summed E-state index contributed by atoms with van der Waals surface area (Å²) < 4.78 is 12.7. The maximum Gasteiger partial charge on any atom is 0.123 e. The number of benzene rings is 1. The summed E-state index contributed by atoms with van der Waals surface area (Å²) in [5.74, 6) is 0.462. The normalized spacial score (nSPS) is 14.8. The van der Waals surface area contributed by atoms with E-state index in [4.69, 9.17) is 11.6 Å². The highest BCUT2D eigenvalue weighted by molar-refractivity contribution is 6.17. The van der Waals surface area contributed by atoms with Gasteiger partial charge in [-0.25, -0.2) is 4.39 Å². The van der Waals surface area contributed by atoms with E-state index < -0.39 is 0 Å². The van der Waals surface area contributed by atoms with Gasteiger partial charge in [0.25, 0.3) is 0 Å². The first-order chi connectivity index (χ1) is 7.59. The maximum atomic E-state index is 12.7. The fourth-order valence-electron chi connectivity index (χ4n) is 1.52. The predicted octanol–water partition coefficient (Wildman–Crippen LogP) is 3.71. The van der Waals surface area contributed by atoms with Crippen LogP contribution in [0.1, 0.15) is 32.3 Å². The fraction of sp³-hybridized carbons (Fsp3) is 0.538. The lowest BCUT2D eigenvalue weighted by molar-refractivity contribution is 0.331. The first-order valence-electron chi connectivity index (χ1n) is 5.65. The molecule has 0 aliphatic carbocycles. The zero-order valence-electron chi connectivity index (χ0n) is 9.89. The van der Waals surface area contributed by atoms with Gasteiger partial charge in [-0.05, 0) is 37.5 Å². The second-order valence-corrected chi connectivity index (χ2v) is 4.71. The van der Waals surface area contributed by atoms with Crippen molar-refractivity contribution in [3.8, 4) is 0 Å². The molecule has 0 aliphatic heterocycles. The summed E-state index contributed by atoms with van der Waals surface area (Å²) in [6, 6.07) is 6.59. The second-order valence-electron chi connectivity index (χ2n) is 4.33. The van der Waals surface area contributed by atoms with E-state index >= 15 is 0 Å². The second kappa shape index (κ2) is 6.21. The van der Waals surface area contributed by atoms with Gasteiger partial charge in [0.05, 0.1) is 0 Å². The molecule has 0 bridgehead atoms. The zero-order valence-corrected chi connectivity index (χ0v) is 10.6. The fourth-order valence-corrected chi connectivity index (χ4v) is 1.93. The van der Waals surface area contributed by atoms with Crippen LogP contribution in [0.4, 0.5) is 4.39 Å². The van der Waals surface area contributed by atoms with Gasteiger partial charge in [0.1, 0.15) is 5.82 Å². The molecule has 1 unspecified atom stereocenters. The van der Waals surface area contributed by atoms with Crippen molar-refractivity contribution in [2.45, 2.75) is 38.8 Å². The van der Waals surface area contributed by atoms with Crippen molar-refractivity contribution >= 4 is 11.6 Å². The van der Waals surface area contributed by atoms with Crippen molar-refractivity contribution in [2.75, 3.05) is 5.88 Å². The summed E-state index contributed by atoms with van der Waals surface area (Å²) in [4.78, 5) is 0. The van der Waals surface area contributed by atoms with Crippen LogP contribution in [0.5, 0.6) is 0 Å². The molecule has 16 heavy (non-hydrogen) atoms. The molecule has 1 aromatic carbocycles. The number of halogens is 2. The molecular weight excluding hydrogens is 225 g/mol. The Kier molecular flexibility index (Phi) is 5.23. The molecule has 0 radical (unpaired) electrons. The van der Waals surface area contributed by atoms with Gasteiger partial charge in [-0.3, -0.25) is 0 Å². The molecule has 0 aliphatic rings. The molecule has 0 fully saturated rings. The lowest BCUT2D eigenvalue weighted by Crippen LogP contribution is -2.41. The average Bonchev–Trinajstić information content (AvgIpc) is 2.29. The van der Waals surface area contributed by atoms with Gasteiger partial charge < -0.3 is 5.32 Å². The smallest absolute Gasteiger partial charge is 0.123 e. The standard InChI is InChI=1S/C13H19ClFN/c1-3-13(2,8-9-14)16-10-11-4-6-12(15)7-5-11/h4-7,16H,3,8-10H2,1-2H3. The number of alkyl halides is 1. The van der Waals surface area contributed by atoms with Crippen LogP contribution in [-0.4, -0.2) is 11.4 Å². The molecule has 0 saturated carbocycles. The Labute approximate surface area is 102 Å². The van der Waals surface area contributed by atoms with Gasteiger partial charge in [-0.15, -0.1) is 11.6 Å². The van der Waals surface area contributed by atoms with Crippen LogP contribution < -0.4 is 5.32 Å². The van der Waals surface area contributed by atoms with E-state index in [1.165, 1.54) is 12.1 Å². The van der Waals surface area contributed by atoms with E-state index in [1.807, 2.05) is 0 Å². The van der Waals surface area contributed by atoms with Crippen LogP contribution >= 0.6 is 11.6 Å². The summed E-state index contributed by atoms with van der Waals surface area (Å²) in [7, 11) is 0. The van der Waals surface area contributed by atoms with Gasteiger partial charge in [-0.1, -0.05) is 19.1 Å². The van der Waals surface area contributed by atoms with Crippen molar-refractivity contribution in [1.82, 2.24) is 5.32 Å². The molecule has 0 saturated heterocycles. The van der Waals surface area contributed by atoms with Crippen molar-refractivity contribution in [2.24, 2.45) is 0 Å². The van der Waals surface area contributed by atoms with Crippen molar-refractivity contribution in [3.05, 3.63) is 35.6 Å². The van der Waals surface area contributed by atoms with Gasteiger partial charge in [0.2, 0.25) is 0 Å². The Bertz CT molecular complexity index is 312. The summed E-state index contributed by atoms with van der Waals surface area (Å²) in [6.45, 7) is 5.06. The highest BCUT2D eigenvalue weighted by Crippen LogP contribution is 2.16. The number of nitrogens with one attached hydrogen (secondary N) is 1. The zero-order chi connectivity index (χ0) is 12.0.